The molecule has 1 aliphatic carbocycles. The van der Waals surface area contributed by atoms with Crippen molar-refractivity contribution in [3.8, 4) is 5.75 Å². The summed E-state index contributed by atoms with van der Waals surface area (Å²) in [4.78, 5) is 0. The quantitative estimate of drug-likeness (QED) is 0.605. The highest BCUT2D eigenvalue weighted by Crippen LogP contribution is 2.49. The van der Waals surface area contributed by atoms with Crippen molar-refractivity contribution >= 4 is 0 Å². The van der Waals surface area contributed by atoms with Gasteiger partial charge in [0.15, 0.2) is 0 Å². The molecule has 0 bridgehead atoms. The lowest BCUT2D eigenvalue weighted by molar-refractivity contribution is -0.0317. The summed E-state index contributed by atoms with van der Waals surface area (Å²) in [6.07, 6.45) is 5.07. The van der Waals surface area contributed by atoms with Crippen molar-refractivity contribution in [2.45, 2.75) is 44.1 Å². The van der Waals surface area contributed by atoms with Gasteiger partial charge < -0.3 is 4.74 Å². The maximum Gasteiger partial charge on any atom is 0.123 e. The molecular weight excluding hydrogens is 172 g/mol. The van der Waals surface area contributed by atoms with Crippen LogP contribution in [0.4, 0.5) is 0 Å². The molecule has 1 heterocycles. The van der Waals surface area contributed by atoms with Crippen molar-refractivity contribution in [2.75, 3.05) is 0 Å². The SMILES string of the molecule is CC1CC2(CCC2)Oc2ccccc21. The van der Waals surface area contributed by atoms with Gasteiger partial charge >= 0.3 is 0 Å². The molecular formula is C13H16O. The van der Waals surface area contributed by atoms with E-state index >= 15 is 0 Å². The van der Waals surface area contributed by atoms with E-state index in [1.165, 1.54) is 31.2 Å². The predicted octanol–water partition coefficient (Wildman–Crippen LogP) is 3.50. The summed E-state index contributed by atoms with van der Waals surface area (Å²) in [5.74, 6) is 1.80. The Balaban J connectivity index is 2.00. The number of hydrogen-bond donors (Lipinski definition) is 0. The minimum Gasteiger partial charge on any atom is -0.487 e. The van der Waals surface area contributed by atoms with E-state index in [0.29, 0.717) is 5.92 Å². The van der Waals surface area contributed by atoms with E-state index in [1.807, 2.05) is 0 Å². The first-order valence-electron chi connectivity index (χ1n) is 5.57. The summed E-state index contributed by atoms with van der Waals surface area (Å²) in [5.41, 5.74) is 1.61. The first-order chi connectivity index (χ1) is 6.79. The summed E-state index contributed by atoms with van der Waals surface area (Å²) < 4.78 is 6.13. The van der Waals surface area contributed by atoms with Crippen LogP contribution in [0.5, 0.6) is 5.75 Å². The Kier molecular flexibility index (Phi) is 1.64. The van der Waals surface area contributed by atoms with Gasteiger partial charge in [-0.3, -0.25) is 0 Å². The van der Waals surface area contributed by atoms with E-state index in [2.05, 4.69) is 31.2 Å². The summed E-state index contributed by atoms with van der Waals surface area (Å²) in [7, 11) is 0. The second kappa shape index (κ2) is 2.75. The lowest BCUT2D eigenvalue weighted by atomic mass is 9.71. The summed E-state index contributed by atoms with van der Waals surface area (Å²) >= 11 is 0. The first kappa shape index (κ1) is 8.34. The molecule has 0 radical (unpaired) electrons. The van der Waals surface area contributed by atoms with Gasteiger partial charge in [0.2, 0.25) is 0 Å². The Labute approximate surface area is 85.1 Å². The van der Waals surface area contributed by atoms with Crippen molar-refractivity contribution in [2.24, 2.45) is 0 Å². The van der Waals surface area contributed by atoms with Crippen LogP contribution >= 0.6 is 0 Å². The van der Waals surface area contributed by atoms with Gasteiger partial charge in [-0.25, -0.2) is 0 Å². The molecule has 74 valence electrons. The fourth-order valence-corrected chi connectivity index (χ4v) is 2.80. The lowest BCUT2D eigenvalue weighted by Crippen LogP contribution is -2.46. The minimum atomic E-state index is 0.216. The van der Waals surface area contributed by atoms with Crippen LogP contribution in [0, 0.1) is 0 Å². The zero-order chi connectivity index (χ0) is 9.60. The number of rotatable bonds is 0. The molecule has 3 rings (SSSR count). The Hall–Kier alpha value is -0.980. The van der Waals surface area contributed by atoms with Gasteiger partial charge in [-0.05, 0) is 43.2 Å². The van der Waals surface area contributed by atoms with Crippen LogP contribution in [0.15, 0.2) is 24.3 Å². The van der Waals surface area contributed by atoms with E-state index in [-0.39, 0.29) is 5.60 Å². The Morgan fingerprint density at radius 3 is 2.79 bits per heavy atom. The zero-order valence-corrected chi connectivity index (χ0v) is 8.62. The van der Waals surface area contributed by atoms with Crippen LogP contribution in [0.3, 0.4) is 0 Å². The van der Waals surface area contributed by atoms with E-state index < -0.39 is 0 Å². The van der Waals surface area contributed by atoms with Crippen molar-refractivity contribution in [3.05, 3.63) is 29.8 Å². The van der Waals surface area contributed by atoms with Gasteiger partial charge in [0.1, 0.15) is 11.4 Å². The molecule has 1 fully saturated rings. The van der Waals surface area contributed by atoms with Gasteiger partial charge in [0.05, 0.1) is 0 Å². The molecule has 1 aromatic rings. The molecule has 1 unspecified atom stereocenters. The van der Waals surface area contributed by atoms with Crippen molar-refractivity contribution in [1.82, 2.24) is 0 Å². The van der Waals surface area contributed by atoms with E-state index in [0.717, 1.165) is 5.75 Å². The molecule has 1 heteroatoms. The second-order valence-electron chi connectivity index (χ2n) is 4.78. The molecule has 1 aromatic carbocycles. The van der Waals surface area contributed by atoms with Gasteiger partial charge in [0, 0.05) is 0 Å². The van der Waals surface area contributed by atoms with Crippen LogP contribution in [0.25, 0.3) is 0 Å². The topological polar surface area (TPSA) is 9.23 Å². The number of fused-ring (bicyclic) bond motifs is 1. The Bertz CT molecular complexity index is 352. The Morgan fingerprint density at radius 2 is 2.07 bits per heavy atom. The fourth-order valence-electron chi connectivity index (χ4n) is 2.80. The van der Waals surface area contributed by atoms with Gasteiger partial charge in [-0.2, -0.15) is 0 Å². The lowest BCUT2D eigenvalue weighted by Gasteiger charge is -2.47. The largest absolute Gasteiger partial charge is 0.487 e. The molecule has 14 heavy (non-hydrogen) atoms. The molecule has 1 aliphatic heterocycles. The fraction of sp³-hybridized carbons (Fsp3) is 0.538. The monoisotopic (exact) mass is 188 g/mol. The smallest absolute Gasteiger partial charge is 0.123 e. The number of hydrogen-bond acceptors (Lipinski definition) is 1. The molecule has 1 spiro atoms. The summed E-state index contributed by atoms with van der Waals surface area (Å²) in [6, 6.07) is 8.50. The van der Waals surface area contributed by atoms with Gasteiger partial charge in [-0.1, -0.05) is 25.1 Å². The molecule has 0 aromatic heterocycles. The first-order valence-corrected chi connectivity index (χ1v) is 5.57. The molecule has 0 saturated heterocycles. The molecule has 1 nitrogen and oxygen atoms in total. The van der Waals surface area contributed by atoms with Gasteiger partial charge in [-0.15, -0.1) is 0 Å². The van der Waals surface area contributed by atoms with Crippen LogP contribution in [-0.4, -0.2) is 5.60 Å². The molecule has 1 saturated carbocycles. The number of ether oxygens (including phenoxy) is 1. The van der Waals surface area contributed by atoms with Crippen LogP contribution in [0.2, 0.25) is 0 Å². The average molecular weight is 188 g/mol. The highest BCUT2D eigenvalue weighted by Gasteiger charge is 2.44. The van der Waals surface area contributed by atoms with Crippen LogP contribution in [0.1, 0.15) is 44.1 Å². The van der Waals surface area contributed by atoms with Crippen molar-refractivity contribution < 1.29 is 4.74 Å². The standard InChI is InChI=1S/C13H16O/c1-10-9-13(7-4-8-13)14-12-6-3-2-5-11(10)12/h2-3,5-6,10H,4,7-9H2,1H3. The summed E-state index contributed by atoms with van der Waals surface area (Å²) in [5, 5.41) is 0. The minimum absolute atomic E-state index is 0.216. The third kappa shape index (κ3) is 1.08. The predicted molar refractivity (Wildman–Crippen MR) is 56.7 cm³/mol. The molecule has 2 aliphatic rings. The number of para-hydroxylation sites is 1. The third-order valence-electron chi connectivity index (χ3n) is 3.72. The van der Waals surface area contributed by atoms with Gasteiger partial charge in [0.25, 0.3) is 0 Å². The normalized spacial score (nSPS) is 27.6. The molecule has 1 atom stereocenters. The maximum absolute atomic E-state index is 6.13. The Morgan fingerprint density at radius 1 is 1.29 bits per heavy atom. The average Bonchev–Trinajstić information content (AvgIpc) is 2.15. The van der Waals surface area contributed by atoms with Crippen molar-refractivity contribution in [1.29, 1.82) is 0 Å². The van der Waals surface area contributed by atoms with Crippen LogP contribution < -0.4 is 4.74 Å². The highest BCUT2D eigenvalue weighted by molar-refractivity contribution is 5.39. The zero-order valence-electron chi connectivity index (χ0n) is 8.62. The second-order valence-corrected chi connectivity index (χ2v) is 4.78. The highest BCUT2D eigenvalue weighted by atomic mass is 16.5. The molecule has 0 amide bonds. The van der Waals surface area contributed by atoms with E-state index in [4.69, 9.17) is 4.74 Å². The maximum atomic E-state index is 6.13. The van der Waals surface area contributed by atoms with Crippen LogP contribution in [-0.2, 0) is 0 Å². The summed E-state index contributed by atoms with van der Waals surface area (Å²) in [6.45, 7) is 2.32. The van der Waals surface area contributed by atoms with E-state index in [9.17, 15) is 0 Å². The molecule has 0 N–H and O–H groups in total. The van der Waals surface area contributed by atoms with E-state index in [1.54, 1.807) is 0 Å². The number of benzene rings is 1. The third-order valence-corrected chi connectivity index (χ3v) is 3.72. The van der Waals surface area contributed by atoms with Crippen molar-refractivity contribution in [3.63, 3.8) is 0 Å².